The summed E-state index contributed by atoms with van der Waals surface area (Å²) in [5.74, 6) is 1.07. The molecule has 1 fully saturated rings. The molecule has 1 aliphatic rings. The lowest BCUT2D eigenvalue weighted by atomic mass is 10.3. The van der Waals surface area contributed by atoms with Gasteiger partial charge in [0, 0.05) is 13.1 Å². The second-order valence-electron chi connectivity index (χ2n) is 3.63. The number of hydrogen-bond donors (Lipinski definition) is 1. The molecule has 0 spiro atoms. The first-order chi connectivity index (χ1) is 8.33. The molecule has 0 amide bonds. The Morgan fingerprint density at radius 1 is 1.47 bits per heavy atom. The molecule has 7 heteroatoms. The van der Waals surface area contributed by atoms with Crippen LogP contribution in [0.1, 0.15) is 11.9 Å². The summed E-state index contributed by atoms with van der Waals surface area (Å²) >= 11 is 7.27. The number of nitrogens with zero attached hydrogens (tertiary/aromatic N) is 2. The zero-order valence-corrected chi connectivity index (χ0v) is 10.4. The highest BCUT2D eigenvalue weighted by Crippen LogP contribution is 2.30. The van der Waals surface area contributed by atoms with Gasteiger partial charge in [0.25, 0.3) is 5.89 Å². The number of rotatable bonds is 2. The van der Waals surface area contributed by atoms with Gasteiger partial charge in [-0.05, 0) is 12.1 Å². The SMILES string of the molecule is Clc1ccc(-c2nc(C3CNCCO3)no2)s1. The number of morpholine rings is 1. The molecule has 1 N–H and O–H groups in total. The van der Waals surface area contributed by atoms with Gasteiger partial charge in [0.2, 0.25) is 5.82 Å². The van der Waals surface area contributed by atoms with Crippen LogP contribution in [0.15, 0.2) is 16.7 Å². The molecule has 1 atom stereocenters. The van der Waals surface area contributed by atoms with E-state index in [-0.39, 0.29) is 6.10 Å². The molecule has 90 valence electrons. The Bertz CT molecular complexity index is 507. The zero-order valence-electron chi connectivity index (χ0n) is 8.85. The van der Waals surface area contributed by atoms with Crippen molar-refractivity contribution in [2.75, 3.05) is 19.7 Å². The maximum absolute atomic E-state index is 5.86. The van der Waals surface area contributed by atoms with Crippen LogP contribution in [0.2, 0.25) is 4.34 Å². The van der Waals surface area contributed by atoms with E-state index in [0.717, 1.165) is 11.4 Å². The van der Waals surface area contributed by atoms with Gasteiger partial charge in [-0.15, -0.1) is 11.3 Å². The summed E-state index contributed by atoms with van der Waals surface area (Å²) in [5.41, 5.74) is 0. The minimum Gasteiger partial charge on any atom is -0.367 e. The molecule has 0 aliphatic carbocycles. The smallest absolute Gasteiger partial charge is 0.268 e. The van der Waals surface area contributed by atoms with E-state index < -0.39 is 0 Å². The minimum absolute atomic E-state index is 0.128. The second kappa shape index (κ2) is 4.73. The van der Waals surface area contributed by atoms with Crippen molar-refractivity contribution in [2.45, 2.75) is 6.10 Å². The predicted molar refractivity (Wildman–Crippen MR) is 64.2 cm³/mol. The normalized spacial score (nSPS) is 20.6. The summed E-state index contributed by atoms with van der Waals surface area (Å²) in [6.45, 7) is 2.24. The van der Waals surface area contributed by atoms with Gasteiger partial charge < -0.3 is 14.6 Å². The van der Waals surface area contributed by atoms with Gasteiger partial charge >= 0.3 is 0 Å². The van der Waals surface area contributed by atoms with E-state index in [9.17, 15) is 0 Å². The van der Waals surface area contributed by atoms with Crippen LogP contribution in [0.25, 0.3) is 10.8 Å². The number of hydrogen-bond acceptors (Lipinski definition) is 6. The molecule has 0 aromatic carbocycles. The Hall–Kier alpha value is -0.950. The molecule has 0 saturated carbocycles. The van der Waals surface area contributed by atoms with Gasteiger partial charge in [0.15, 0.2) is 0 Å². The van der Waals surface area contributed by atoms with Gasteiger partial charge in [0.05, 0.1) is 15.8 Å². The summed E-state index contributed by atoms with van der Waals surface area (Å²) < 4.78 is 11.5. The fourth-order valence-corrected chi connectivity index (χ4v) is 2.59. The highest BCUT2D eigenvalue weighted by molar-refractivity contribution is 7.19. The molecule has 2 aromatic heterocycles. The van der Waals surface area contributed by atoms with Gasteiger partial charge in [-0.3, -0.25) is 0 Å². The van der Waals surface area contributed by atoms with Gasteiger partial charge in [-0.1, -0.05) is 16.8 Å². The van der Waals surface area contributed by atoms with Crippen molar-refractivity contribution >= 4 is 22.9 Å². The van der Waals surface area contributed by atoms with Crippen LogP contribution in [0.3, 0.4) is 0 Å². The highest BCUT2D eigenvalue weighted by Gasteiger charge is 2.22. The maximum atomic E-state index is 5.86. The van der Waals surface area contributed by atoms with E-state index in [1.54, 1.807) is 0 Å². The summed E-state index contributed by atoms with van der Waals surface area (Å²) in [7, 11) is 0. The molecule has 0 radical (unpaired) electrons. The van der Waals surface area contributed by atoms with Crippen LogP contribution in [0, 0.1) is 0 Å². The second-order valence-corrected chi connectivity index (χ2v) is 5.34. The van der Waals surface area contributed by atoms with Crippen molar-refractivity contribution in [1.82, 2.24) is 15.5 Å². The van der Waals surface area contributed by atoms with E-state index in [1.807, 2.05) is 12.1 Å². The van der Waals surface area contributed by atoms with Crippen molar-refractivity contribution < 1.29 is 9.26 Å². The van der Waals surface area contributed by atoms with Crippen LogP contribution >= 0.6 is 22.9 Å². The summed E-state index contributed by atoms with van der Waals surface area (Å²) in [5, 5.41) is 7.16. The van der Waals surface area contributed by atoms with Crippen molar-refractivity contribution in [3.8, 4) is 10.8 Å². The van der Waals surface area contributed by atoms with E-state index in [4.69, 9.17) is 20.9 Å². The predicted octanol–water partition coefficient (Wildman–Crippen LogP) is 2.11. The average Bonchev–Trinajstić information content (AvgIpc) is 2.98. The number of halogens is 1. The topological polar surface area (TPSA) is 60.2 Å². The molecule has 1 aliphatic heterocycles. The van der Waals surface area contributed by atoms with Crippen molar-refractivity contribution in [2.24, 2.45) is 0 Å². The monoisotopic (exact) mass is 271 g/mol. The first-order valence-electron chi connectivity index (χ1n) is 5.24. The standard InChI is InChI=1S/C10H10ClN3O2S/c11-8-2-1-7(17-8)10-13-9(14-16-10)6-5-12-3-4-15-6/h1-2,6,12H,3-5H2. The van der Waals surface area contributed by atoms with Gasteiger partial charge in [-0.2, -0.15) is 4.98 Å². The maximum Gasteiger partial charge on any atom is 0.268 e. The molecule has 3 heterocycles. The highest BCUT2D eigenvalue weighted by atomic mass is 35.5. The molecule has 17 heavy (non-hydrogen) atoms. The Labute approximate surface area is 107 Å². The molecule has 2 aromatic rings. The van der Waals surface area contributed by atoms with Crippen LogP contribution in [0.4, 0.5) is 0 Å². The Morgan fingerprint density at radius 2 is 2.41 bits per heavy atom. The fraction of sp³-hybridized carbons (Fsp3) is 0.400. The molecule has 1 unspecified atom stereocenters. The molecular weight excluding hydrogens is 262 g/mol. The van der Waals surface area contributed by atoms with Crippen LogP contribution in [-0.2, 0) is 4.74 Å². The molecular formula is C10H10ClN3O2S. The van der Waals surface area contributed by atoms with E-state index >= 15 is 0 Å². The molecule has 3 rings (SSSR count). The number of aromatic nitrogens is 2. The van der Waals surface area contributed by atoms with E-state index in [2.05, 4.69) is 15.5 Å². The van der Waals surface area contributed by atoms with Crippen molar-refractivity contribution in [1.29, 1.82) is 0 Å². The Kier molecular flexibility index (Phi) is 3.11. The van der Waals surface area contributed by atoms with Gasteiger partial charge in [0.1, 0.15) is 6.10 Å². The quantitative estimate of drug-likeness (QED) is 0.907. The third-order valence-corrected chi connectivity index (χ3v) is 3.66. The van der Waals surface area contributed by atoms with Crippen LogP contribution in [-0.4, -0.2) is 29.8 Å². The van der Waals surface area contributed by atoms with Crippen LogP contribution in [0.5, 0.6) is 0 Å². The lowest BCUT2D eigenvalue weighted by molar-refractivity contribution is 0.0208. The molecule has 0 bridgehead atoms. The zero-order chi connectivity index (χ0) is 11.7. The summed E-state index contributed by atoms with van der Waals surface area (Å²) in [6, 6.07) is 3.67. The summed E-state index contributed by atoms with van der Waals surface area (Å²) in [6.07, 6.45) is -0.128. The first kappa shape index (κ1) is 11.2. The van der Waals surface area contributed by atoms with E-state index in [0.29, 0.717) is 29.2 Å². The lowest BCUT2D eigenvalue weighted by Gasteiger charge is -2.20. The largest absolute Gasteiger partial charge is 0.367 e. The van der Waals surface area contributed by atoms with Crippen molar-refractivity contribution in [3.63, 3.8) is 0 Å². The number of thiophene rings is 1. The minimum atomic E-state index is -0.128. The third kappa shape index (κ3) is 2.35. The Morgan fingerprint density at radius 3 is 3.12 bits per heavy atom. The number of nitrogens with one attached hydrogen (secondary N) is 1. The van der Waals surface area contributed by atoms with Crippen LogP contribution < -0.4 is 5.32 Å². The number of ether oxygens (including phenoxy) is 1. The van der Waals surface area contributed by atoms with Gasteiger partial charge in [-0.25, -0.2) is 0 Å². The molecule has 1 saturated heterocycles. The third-order valence-electron chi connectivity index (χ3n) is 2.44. The van der Waals surface area contributed by atoms with Crippen molar-refractivity contribution in [3.05, 3.63) is 22.3 Å². The fourth-order valence-electron chi connectivity index (χ4n) is 1.63. The average molecular weight is 272 g/mol. The van der Waals surface area contributed by atoms with E-state index in [1.165, 1.54) is 11.3 Å². The lowest BCUT2D eigenvalue weighted by Crippen LogP contribution is -2.33. The summed E-state index contributed by atoms with van der Waals surface area (Å²) in [4.78, 5) is 5.20. The Balaban J connectivity index is 1.82. The first-order valence-corrected chi connectivity index (χ1v) is 6.44. The molecule has 5 nitrogen and oxygen atoms in total.